The molecule has 2 rings (SSSR count). The van der Waals surface area contributed by atoms with Gasteiger partial charge in [-0.25, -0.2) is 0 Å². The van der Waals surface area contributed by atoms with E-state index in [9.17, 15) is 15.0 Å². The quantitative estimate of drug-likeness (QED) is 0.828. The summed E-state index contributed by atoms with van der Waals surface area (Å²) in [7, 11) is 3.85. The molecule has 0 unspecified atom stereocenters. The molecular weight excluding hydrogens is 304 g/mol. The van der Waals surface area contributed by atoms with E-state index in [1.807, 2.05) is 43.3 Å². The van der Waals surface area contributed by atoms with Gasteiger partial charge < -0.3 is 20.0 Å². The Labute approximate surface area is 144 Å². The van der Waals surface area contributed by atoms with E-state index in [0.29, 0.717) is 38.0 Å². The first-order chi connectivity index (χ1) is 11.1. The number of hydrogen-bond acceptors (Lipinski definition) is 4. The maximum atomic E-state index is 12.7. The van der Waals surface area contributed by atoms with Crippen LogP contribution in [0.25, 0.3) is 0 Å². The zero-order chi connectivity index (χ0) is 18.0. The van der Waals surface area contributed by atoms with Gasteiger partial charge in [0.25, 0.3) is 5.91 Å². The molecule has 5 heteroatoms. The Balaban J connectivity index is 2.03. The van der Waals surface area contributed by atoms with Crippen LogP contribution in [-0.2, 0) is 6.42 Å². The lowest BCUT2D eigenvalue weighted by Crippen LogP contribution is -2.43. The zero-order valence-electron chi connectivity index (χ0n) is 15.2. The van der Waals surface area contributed by atoms with Crippen LogP contribution in [0.1, 0.15) is 42.6 Å². The smallest absolute Gasteiger partial charge is 0.253 e. The highest BCUT2D eigenvalue weighted by atomic mass is 16.3. The summed E-state index contributed by atoms with van der Waals surface area (Å²) in [5, 5.41) is 20.4. The molecule has 2 N–H and O–H groups in total. The van der Waals surface area contributed by atoms with E-state index >= 15 is 0 Å². The van der Waals surface area contributed by atoms with Crippen molar-refractivity contribution >= 4 is 5.91 Å². The van der Waals surface area contributed by atoms with Crippen molar-refractivity contribution in [3.05, 3.63) is 35.4 Å². The number of carbonyl (C=O) groups is 1. The van der Waals surface area contributed by atoms with Crippen molar-refractivity contribution in [1.82, 2.24) is 9.80 Å². The number of hydrogen-bond donors (Lipinski definition) is 2. The van der Waals surface area contributed by atoms with Crippen molar-refractivity contribution in [2.24, 2.45) is 0 Å². The number of rotatable bonds is 6. The second kappa shape index (κ2) is 7.21. The summed E-state index contributed by atoms with van der Waals surface area (Å²) >= 11 is 0. The van der Waals surface area contributed by atoms with E-state index in [1.54, 1.807) is 18.7 Å². The maximum Gasteiger partial charge on any atom is 0.253 e. The van der Waals surface area contributed by atoms with Gasteiger partial charge in [0.15, 0.2) is 0 Å². The SMILES string of the molecule is CN(C)C[C@@]1(O)CCN(C(=O)c2cccc(CCC(C)(C)O)c2)C1. The zero-order valence-corrected chi connectivity index (χ0v) is 15.2. The number of likely N-dealkylation sites (N-methyl/N-ethyl adjacent to an activating group) is 1. The average molecular weight is 334 g/mol. The van der Waals surface area contributed by atoms with Crippen molar-refractivity contribution < 1.29 is 15.0 Å². The second-order valence-corrected chi connectivity index (χ2v) is 7.95. The van der Waals surface area contributed by atoms with Crippen LogP contribution in [-0.4, -0.2) is 70.9 Å². The van der Waals surface area contributed by atoms with Gasteiger partial charge in [-0.3, -0.25) is 4.79 Å². The number of aryl methyl sites for hydroxylation is 1. The van der Waals surface area contributed by atoms with Gasteiger partial charge in [0.1, 0.15) is 0 Å². The van der Waals surface area contributed by atoms with Gasteiger partial charge in [-0.1, -0.05) is 12.1 Å². The summed E-state index contributed by atoms with van der Waals surface area (Å²) in [5.41, 5.74) is 0.165. The maximum absolute atomic E-state index is 12.7. The fourth-order valence-corrected chi connectivity index (χ4v) is 3.24. The first kappa shape index (κ1) is 18.9. The highest BCUT2D eigenvalue weighted by Gasteiger charge is 2.38. The lowest BCUT2D eigenvalue weighted by molar-refractivity contribution is 0.0236. The van der Waals surface area contributed by atoms with Gasteiger partial charge in [-0.2, -0.15) is 0 Å². The molecule has 0 saturated carbocycles. The van der Waals surface area contributed by atoms with Crippen LogP contribution in [0.5, 0.6) is 0 Å². The van der Waals surface area contributed by atoms with Crippen LogP contribution >= 0.6 is 0 Å². The molecule has 0 aliphatic carbocycles. The third kappa shape index (κ3) is 5.30. The molecule has 1 atom stereocenters. The molecule has 1 fully saturated rings. The van der Waals surface area contributed by atoms with Gasteiger partial charge in [-0.15, -0.1) is 0 Å². The molecule has 1 aliphatic heterocycles. The molecule has 134 valence electrons. The fourth-order valence-electron chi connectivity index (χ4n) is 3.24. The summed E-state index contributed by atoms with van der Waals surface area (Å²) in [6, 6.07) is 7.58. The number of nitrogens with zero attached hydrogens (tertiary/aromatic N) is 2. The summed E-state index contributed by atoms with van der Waals surface area (Å²) in [6.07, 6.45) is 1.99. The minimum atomic E-state index is -0.822. The van der Waals surface area contributed by atoms with Crippen LogP contribution < -0.4 is 0 Å². The van der Waals surface area contributed by atoms with E-state index in [-0.39, 0.29) is 5.91 Å². The molecule has 0 spiro atoms. The van der Waals surface area contributed by atoms with Crippen molar-refractivity contribution in [2.75, 3.05) is 33.7 Å². The molecule has 1 amide bonds. The van der Waals surface area contributed by atoms with Crippen LogP contribution in [0.2, 0.25) is 0 Å². The van der Waals surface area contributed by atoms with Gasteiger partial charge in [0, 0.05) is 18.7 Å². The highest BCUT2D eigenvalue weighted by molar-refractivity contribution is 5.94. The molecule has 5 nitrogen and oxygen atoms in total. The van der Waals surface area contributed by atoms with Crippen molar-refractivity contribution in [3.63, 3.8) is 0 Å². The van der Waals surface area contributed by atoms with Gasteiger partial charge in [0.2, 0.25) is 0 Å². The molecule has 1 aromatic rings. The second-order valence-electron chi connectivity index (χ2n) is 7.95. The monoisotopic (exact) mass is 334 g/mol. The van der Waals surface area contributed by atoms with Crippen LogP contribution in [0.15, 0.2) is 24.3 Å². The summed E-state index contributed by atoms with van der Waals surface area (Å²) in [5.74, 6) is -0.0326. The minimum absolute atomic E-state index is 0.0326. The molecular formula is C19H30N2O3. The molecule has 1 aliphatic rings. The molecule has 0 bridgehead atoms. The predicted octanol–water partition coefficient (Wildman–Crippen LogP) is 1.53. The van der Waals surface area contributed by atoms with Crippen LogP contribution in [0.4, 0.5) is 0 Å². The Bertz CT molecular complexity index is 580. The Morgan fingerprint density at radius 1 is 1.38 bits per heavy atom. The summed E-state index contributed by atoms with van der Waals surface area (Å²) in [4.78, 5) is 16.4. The fraction of sp³-hybridized carbons (Fsp3) is 0.632. The largest absolute Gasteiger partial charge is 0.390 e. The Hall–Kier alpha value is -1.43. The van der Waals surface area contributed by atoms with Crippen molar-refractivity contribution in [1.29, 1.82) is 0 Å². The van der Waals surface area contributed by atoms with E-state index in [1.165, 1.54) is 0 Å². The first-order valence-corrected chi connectivity index (χ1v) is 8.56. The molecule has 1 aromatic carbocycles. The summed E-state index contributed by atoms with van der Waals surface area (Å²) < 4.78 is 0. The number of β-amino-alcohol motifs (C(OH)–C–C–N with tert-alkyl or cyclic N) is 1. The van der Waals surface area contributed by atoms with Crippen LogP contribution in [0, 0.1) is 0 Å². The Kier molecular flexibility index (Phi) is 5.68. The molecule has 24 heavy (non-hydrogen) atoms. The third-order valence-electron chi connectivity index (χ3n) is 4.43. The number of aliphatic hydroxyl groups is 2. The molecule has 0 radical (unpaired) electrons. The van der Waals surface area contributed by atoms with Crippen LogP contribution in [0.3, 0.4) is 0 Å². The van der Waals surface area contributed by atoms with E-state index in [2.05, 4.69) is 0 Å². The number of carbonyl (C=O) groups excluding carboxylic acids is 1. The first-order valence-electron chi connectivity index (χ1n) is 8.56. The number of likely N-dealkylation sites (tertiary alicyclic amines) is 1. The van der Waals surface area contributed by atoms with E-state index in [4.69, 9.17) is 0 Å². The van der Waals surface area contributed by atoms with Crippen molar-refractivity contribution in [2.45, 2.75) is 44.3 Å². The normalized spacial score (nSPS) is 21.5. The third-order valence-corrected chi connectivity index (χ3v) is 4.43. The van der Waals surface area contributed by atoms with Crippen molar-refractivity contribution in [3.8, 4) is 0 Å². The molecule has 1 heterocycles. The van der Waals surface area contributed by atoms with E-state index in [0.717, 1.165) is 12.0 Å². The lowest BCUT2D eigenvalue weighted by Gasteiger charge is -2.26. The topological polar surface area (TPSA) is 64.0 Å². The van der Waals surface area contributed by atoms with E-state index < -0.39 is 11.2 Å². The van der Waals surface area contributed by atoms with Gasteiger partial charge in [0.05, 0.1) is 17.7 Å². The predicted molar refractivity (Wildman–Crippen MR) is 95.1 cm³/mol. The Morgan fingerprint density at radius 2 is 2.08 bits per heavy atom. The van der Waals surface area contributed by atoms with Gasteiger partial charge in [-0.05, 0) is 64.9 Å². The minimum Gasteiger partial charge on any atom is -0.390 e. The number of amides is 1. The summed E-state index contributed by atoms with van der Waals surface area (Å²) in [6.45, 7) is 5.09. The average Bonchev–Trinajstić information content (AvgIpc) is 2.85. The number of benzene rings is 1. The molecule has 1 saturated heterocycles. The standard InChI is InChI=1S/C19H30N2O3/c1-18(2,23)9-8-15-6-5-7-16(12-15)17(22)21-11-10-19(24,14-21)13-20(3)4/h5-7,12,23-24H,8-11,13-14H2,1-4H3/t19-/m0/s1. The molecule has 0 aromatic heterocycles. The van der Waals surface area contributed by atoms with Gasteiger partial charge >= 0.3 is 0 Å². The Morgan fingerprint density at radius 3 is 2.71 bits per heavy atom. The highest BCUT2D eigenvalue weighted by Crippen LogP contribution is 2.24. The lowest BCUT2D eigenvalue weighted by atomic mass is 9.98.